The minimum atomic E-state index is -3.22. The van der Waals surface area contributed by atoms with E-state index in [2.05, 4.69) is 53.6 Å². The Morgan fingerprint density at radius 2 is 1.17 bits per heavy atom. The van der Waals surface area contributed by atoms with Crippen LogP contribution in [-0.4, -0.2) is 54.6 Å². The minimum Gasteiger partial charge on any atom is -0.378 e. The van der Waals surface area contributed by atoms with E-state index in [1.807, 2.05) is 44.8 Å². The maximum atomic E-state index is 7.39. The molecule has 5 aliphatic heterocycles. The minimum absolute atomic E-state index is 0.0175. The van der Waals surface area contributed by atoms with Crippen LogP contribution in [0.1, 0.15) is 13.8 Å². The Bertz CT molecular complexity index is 792. The van der Waals surface area contributed by atoms with Gasteiger partial charge in [0.1, 0.15) is 10.4 Å². The molecule has 5 aliphatic rings. The lowest BCUT2D eigenvalue weighted by Gasteiger charge is -2.54. The van der Waals surface area contributed by atoms with E-state index in [0.717, 1.165) is 0 Å². The van der Waals surface area contributed by atoms with E-state index in [1.165, 1.54) is 0 Å². The molecular formula is C21H31N5O3S5Si. The lowest BCUT2D eigenvalue weighted by atomic mass is 9.79. The van der Waals surface area contributed by atoms with Crippen LogP contribution in [-0.2, 0) is 13.3 Å². The third-order valence-corrected chi connectivity index (χ3v) is 15.2. The lowest BCUT2D eigenvalue weighted by molar-refractivity contribution is -0.0421. The maximum Gasteiger partial charge on any atom is 0.536 e. The van der Waals surface area contributed by atoms with Crippen molar-refractivity contribution in [1.82, 2.24) is 26.6 Å². The SMILES string of the molecule is CCO[Si](OCC)(OC(C1NC=CS1)C(C1NC=CS1)(C1NC=CS1)C1NC=CS1)C1NC=CS1. The van der Waals surface area contributed by atoms with Crippen LogP contribution < -0.4 is 26.6 Å². The van der Waals surface area contributed by atoms with Gasteiger partial charge in [-0.15, -0.1) is 58.8 Å². The fraction of sp³-hybridized carbons (Fsp3) is 0.524. The van der Waals surface area contributed by atoms with E-state index in [4.69, 9.17) is 13.3 Å². The highest BCUT2D eigenvalue weighted by Gasteiger charge is 2.65. The summed E-state index contributed by atoms with van der Waals surface area (Å²) in [6.45, 7) is 5.06. The first-order valence-electron chi connectivity index (χ1n) is 11.5. The molecule has 0 saturated heterocycles. The zero-order valence-electron chi connectivity index (χ0n) is 19.4. The van der Waals surface area contributed by atoms with Crippen LogP contribution in [0.15, 0.2) is 58.0 Å². The molecule has 5 heterocycles. The predicted octanol–water partition coefficient (Wildman–Crippen LogP) is 3.58. The number of hydrogen-bond acceptors (Lipinski definition) is 13. The Morgan fingerprint density at radius 3 is 1.57 bits per heavy atom. The van der Waals surface area contributed by atoms with Crippen molar-refractivity contribution in [2.24, 2.45) is 5.41 Å². The van der Waals surface area contributed by atoms with E-state index < -0.39 is 14.2 Å². The molecule has 192 valence electrons. The van der Waals surface area contributed by atoms with Crippen LogP contribution in [0.3, 0.4) is 0 Å². The van der Waals surface area contributed by atoms with E-state index >= 15 is 0 Å². The van der Waals surface area contributed by atoms with Gasteiger partial charge in [-0.1, -0.05) is 0 Å². The third kappa shape index (κ3) is 5.02. The molecule has 0 radical (unpaired) electrons. The van der Waals surface area contributed by atoms with Gasteiger partial charge < -0.3 is 39.9 Å². The molecule has 0 saturated carbocycles. The summed E-state index contributed by atoms with van der Waals surface area (Å²) in [6.07, 6.45) is 9.82. The molecule has 6 atom stereocenters. The Labute approximate surface area is 229 Å². The molecular weight excluding hydrogens is 559 g/mol. The van der Waals surface area contributed by atoms with Gasteiger partial charge >= 0.3 is 8.80 Å². The molecule has 0 aromatic rings. The van der Waals surface area contributed by atoms with Gasteiger partial charge in [0.2, 0.25) is 0 Å². The first kappa shape index (κ1) is 26.2. The highest BCUT2D eigenvalue weighted by molar-refractivity contribution is 8.05. The standard InChI is InChI=1S/C21H31N5O3S5Si/c1-3-27-35(28-4-2,20-26-9-14-34-20)29-15(16-22-5-10-30-16)21(17-23-6-11-31-17,18-24-7-12-32-18)19-25-8-13-33-19/h5-20,22-26H,3-4H2,1-2H3. The van der Waals surface area contributed by atoms with E-state index in [0.29, 0.717) is 13.2 Å². The molecule has 6 unspecified atom stereocenters. The van der Waals surface area contributed by atoms with Crippen molar-refractivity contribution >= 4 is 67.6 Å². The van der Waals surface area contributed by atoms with Gasteiger partial charge in [0, 0.05) is 44.2 Å². The summed E-state index contributed by atoms with van der Waals surface area (Å²) in [5.74, 6) is 0. The van der Waals surface area contributed by atoms with Gasteiger partial charge in [0.15, 0.2) is 0 Å². The number of rotatable bonds is 12. The van der Waals surface area contributed by atoms with Crippen molar-refractivity contribution in [3.8, 4) is 0 Å². The smallest absolute Gasteiger partial charge is 0.378 e. The molecule has 14 heteroatoms. The van der Waals surface area contributed by atoms with Crippen molar-refractivity contribution in [3.63, 3.8) is 0 Å². The van der Waals surface area contributed by atoms with Crippen LogP contribution in [0.4, 0.5) is 0 Å². The number of nitrogens with one attached hydrogen (secondary N) is 5. The largest absolute Gasteiger partial charge is 0.536 e. The monoisotopic (exact) mass is 589 g/mol. The van der Waals surface area contributed by atoms with Gasteiger partial charge in [-0.25, -0.2) is 0 Å². The summed E-state index contributed by atoms with van der Waals surface area (Å²) in [5, 5.41) is 28.7. The molecule has 8 nitrogen and oxygen atoms in total. The second kappa shape index (κ2) is 11.9. The Kier molecular flexibility index (Phi) is 8.93. The van der Waals surface area contributed by atoms with E-state index in [1.54, 1.807) is 58.8 Å². The normalized spacial score (nSPS) is 33.3. The summed E-state index contributed by atoms with van der Waals surface area (Å²) >= 11 is 8.84. The molecule has 0 amide bonds. The fourth-order valence-electron chi connectivity index (χ4n) is 4.75. The molecule has 0 spiro atoms. The second-order valence-electron chi connectivity index (χ2n) is 7.98. The first-order valence-corrected chi connectivity index (χ1v) is 18.0. The second-order valence-corrected chi connectivity index (χ2v) is 16.1. The zero-order valence-corrected chi connectivity index (χ0v) is 24.5. The molecule has 0 aromatic heterocycles. The van der Waals surface area contributed by atoms with Crippen molar-refractivity contribution in [1.29, 1.82) is 0 Å². The molecule has 5 rings (SSSR count). The van der Waals surface area contributed by atoms with Crippen LogP contribution >= 0.6 is 58.8 Å². The Morgan fingerprint density at radius 1 is 0.686 bits per heavy atom. The summed E-state index contributed by atoms with van der Waals surface area (Å²) < 4.78 is 20.4. The average Bonchev–Trinajstić information content (AvgIpc) is 3.72. The number of thioether (sulfide) groups is 5. The predicted molar refractivity (Wildman–Crippen MR) is 155 cm³/mol. The van der Waals surface area contributed by atoms with Gasteiger partial charge in [-0.3, -0.25) is 0 Å². The van der Waals surface area contributed by atoms with Crippen molar-refractivity contribution in [2.45, 2.75) is 46.4 Å². The van der Waals surface area contributed by atoms with Crippen LogP contribution in [0.25, 0.3) is 0 Å². The van der Waals surface area contributed by atoms with Crippen LogP contribution in [0.5, 0.6) is 0 Å². The summed E-state index contributed by atoms with van der Waals surface area (Å²) in [7, 11) is -3.22. The highest BCUT2D eigenvalue weighted by Crippen LogP contribution is 2.54. The molecule has 0 bridgehead atoms. The Balaban J connectivity index is 1.61. The molecule has 0 aromatic carbocycles. The van der Waals surface area contributed by atoms with Gasteiger partial charge in [-0.2, -0.15) is 0 Å². The van der Waals surface area contributed by atoms with Crippen molar-refractivity contribution in [3.05, 3.63) is 58.0 Å². The van der Waals surface area contributed by atoms with Gasteiger partial charge in [0.05, 0.1) is 27.6 Å². The molecule has 5 N–H and O–H groups in total. The Hall–Kier alpha value is -0.453. The zero-order chi connectivity index (χ0) is 24.1. The van der Waals surface area contributed by atoms with E-state index in [9.17, 15) is 0 Å². The fourth-order valence-corrected chi connectivity index (χ4v) is 13.8. The van der Waals surface area contributed by atoms with Crippen LogP contribution in [0, 0.1) is 5.41 Å². The maximum absolute atomic E-state index is 7.39. The third-order valence-electron chi connectivity index (χ3n) is 6.11. The average molecular weight is 590 g/mol. The molecule has 35 heavy (non-hydrogen) atoms. The highest BCUT2D eigenvalue weighted by atomic mass is 32.2. The van der Waals surface area contributed by atoms with Crippen molar-refractivity contribution in [2.75, 3.05) is 13.2 Å². The van der Waals surface area contributed by atoms with Gasteiger partial charge in [-0.05, 0) is 40.9 Å². The van der Waals surface area contributed by atoms with Crippen LogP contribution in [0.2, 0.25) is 0 Å². The topological polar surface area (TPSA) is 87.8 Å². The lowest BCUT2D eigenvalue weighted by Crippen LogP contribution is -2.72. The number of hydrogen-bond donors (Lipinski definition) is 5. The molecule has 0 aliphatic carbocycles. The van der Waals surface area contributed by atoms with Crippen molar-refractivity contribution < 1.29 is 13.3 Å². The summed E-state index contributed by atoms with van der Waals surface area (Å²) in [6, 6.07) is 0. The molecule has 0 fully saturated rings. The first-order chi connectivity index (χ1) is 17.2. The quantitative estimate of drug-likeness (QED) is 0.215. The summed E-state index contributed by atoms with van der Waals surface area (Å²) in [4.78, 5) is -0.103. The summed E-state index contributed by atoms with van der Waals surface area (Å²) in [5.41, 5.74) is -0.434. The van der Waals surface area contributed by atoms with Gasteiger partial charge in [0.25, 0.3) is 0 Å². The van der Waals surface area contributed by atoms with E-state index in [-0.39, 0.29) is 32.6 Å².